The van der Waals surface area contributed by atoms with Gasteiger partial charge in [-0.15, -0.1) is 11.8 Å². The highest BCUT2D eigenvalue weighted by atomic mass is 32.2. The molecule has 1 amide bonds. The van der Waals surface area contributed by atoms with Gasteiger partial charge in [0.25, 0.3) is 0 Å². The summed E-state index contributed by atoms with van der Waals surface area (Å²) >= 11 is 1.56. The molecule has 2 atom stereocenters. The molecule has 1 saturated heterocycles. The van der Waals surface area contributed by atoms with Gasteiger partial charge in [-0.25, -0.2) is 0 Å². The van der Waals surface area contributed by atoms with Crippen molar-refractivity contribution in [3.05, 3.63) is 24.3 Å². The number of rotatable bonds is 5. The van der Waals surface area contributed by atoms with Crippen molar-refractivity contribution in [1.82, 2.24) is 4.90 Å². The van der Waals surface area contributed by atoms with Crippen molar-refractivity contribution in [1.29, 1.82) is 0 Å². The van der Waals surface area contributed by atoms with Crippen LogP contribution in [0, 0.1) is 5.92 Å². The van der Waals surface area contributed by atoms with Crippen LogP contribution in [0.15, 0.2) is 29.2 Å². The van der Waals surface area contributed by atoms with E-state index in [0.29, 0.717) is 6.54 Å². The van der Waals surface area contributed by atoms with E-state index in [0.717, 1.165) is 17.0 Å². The molecule has 6 heteroatoms. The average Bonchev–Trinajstić information content (AvgIpc) is 2.80. The fourth-order valence-corrected chi connectivity index (χ4v) is 3.28. The highest BCUT2D eigenvalue weighted by Gasteiger charge is 2.37. The highest BCUT2D eigenvalue weighted by molar-refractivity contribution is 7.98. The monoisotopic (exact) mass is 308 g/mol. The third-order valence-electron chi connectivity index (χ3n) is 3.78. The third-order valence-corrected chi connectivity index (χ3v) is 4.58. The summed E-state index contributed by atoms with van der Waals surface area (Å²) in [6.07, 6.45) is 2.76. The summed E-state index contributed by atoms with van der Waals surface area (Å²) in [5, 5.41) is 12.1. The number of carboxylic acids is 1. The molecule has 1 aromatic rings. The van der Waals surface area contributed by atoms with Crippen LogP contribution in [-0.2, 0) is 9.59 Å². The van der Waals surface area contributed by atoms with Crippen LogP contribution in [-0.4, -0.2) is 47.3 Å². The molecule has 0 spiro atoms. The van der Waals surface area contributed by atoms with Crippen LogP contribution < -0.4 is 5.32 Å². The lowest BCUT2D eigenvalue weighted by molar-refractivity contribution is -0.143. The largest absolute Gasteiger partial charge is 0.480 e. The minimum Gasteiger partial charge on any atom is -0.480 e. The number of hydrogen-bond donors (Lipinski definition) is 2. The molecule has 2 rings (SSSR count). The first-order chi connectivity index (χ1) is 10.0. The summed E-state index contributed by atoms with van der Waals surface area (Å²) in [5.74, 6) is -0.942. The van der Waals surface area contributed by atoms with Crippen LogP contribution in [0.2, 0.25) is 0 Å². The Labute approximate surface area is 128 Å². The van der Waals surface area contributed by atoms with Gasteiger partial charge in [0.1, 0.15) is 6.04 Å². The van der Waals surface area contributed by atoms with Crippen molar-refractivity contribution < 1.29 is 14.7 Å². The maximum absolute atomic E-state index is 12.2. The van der Waals surface area contributed by atoms with Crippen molar-refractivity contribution in [3.63, 3.8) is 0 Å². The normalized spacial score (nSPS) is 22.2. The molecule has 0 saturated carbocycles. The van der Waals surface area contributed by atoms with Crippen molar-refractivity contribution >= 4 is 29.3 Å². The van der Waals surface area contributed by atoms with Crippen LogP contribution in [0.3, 0.4) is 0 Å². The molecule has 21 heavy (non-hydrogen) atoms. The minimum atomic E-state index is -0.850. The third kappa shape index (κ3) is 3.77. The van der Waals surface area contributed by atoms with Gasteiger partial charge in [-0.3, -0.25) is 14.5 Å². The Hall–Kier alpha value is -1.53. The molecule has 1 aromatic carbocycles. The number of hydrogen-bond acceptors (Lipinski definition) is 4. The van der Waals surface area contributed by atoms with Crippen LogP contribution in [0.5, 0.6) is 0 Å². The van der Waals surface area contributed by atoms with Gasteiger partial charge in [0.15, 0.2) is 0 Å². The quantitative estimate of drug-likeness (QED) is 0.816. The summed E-state index contributed by atoms with van der Waals surface area (Å²) < 4.78 is 0. The number of carbonyl (C=O) groups is 2. The number of nitrogens with one attached hydrogen (secondary N) is 1. The van der Waals surface area contributed by atoms with E-state index >= 15 is 0 Å². The molecule has 1 aliphatic rings. The molecule has 5 nitrogen and oxygen atoms in total. The van der Waals surface area contributed by atoms with Gasteiger partial charge in [-0.05, 0) is 37.3 Å². The molecule has 0 radical (unpaired) electrons. The maximum atomic E-state index is 12.2. The lowest BCUT2D eigenvalue weighted by Gasteiger charge is -2.22. The summed E-state index contributed by atoms with van der Waals surface area (Å²) in [5.41, 5.74) is 0.772. The standard InChI is InChI=1S/C15H20N2O3S/c1-10-7-8-17(14(10)15(19)20)9-13(18)16-11-5-3-4-6-12(11)21-2/h3-6,10,14H,7-9H2,1-2H3,(H,16,18)(H,19,20). The number of likely N-dealkylation sites (tertiary alicyclic amines) is 1. The van der Waals surface area contributed by atoms with Crippen molar-refractivity contribution in [2.45, 2.75) is 24.3 Å². The summed E-state index contributed by atoms with van der Waals surface area (Å²) in [6, 6.07) is 7.02. The van der Waals surface area contributed by atoms with Crippen molar-refractivity contribution in [2.75, 3.05) is 24.7 Å². The van der Waals surface area contributed by atoms with Gasteiger partial charge in [-0.2, -0.15) is 0 Å². The molecule has 0 aromatic heterocycles. The molecule has 2 unspecified atom stereocenters. The molecule has 1 heterocycles. The topological polar surface area (TPSA) is 69.6 Å². The molecule has 0 aliphatic carbocycles. The van der Waals surface area contributed by atoms with Crippen LogP contribution >= 0.6 is 11.8 Å². The number of carbonyl (C=O) groups excluding carboxylic acids is 1. The Morgan fingerprint density at radius 1 is 1.43 bits per heavy atom. The van der Waals surface area contributed by atoms with Gasteiger partial charge < -0.3 is 10.4 Å². The Morgan fingerprint density at radius 3 is 2.81 bits per heavy atom. The van der Waals surface area contributed by atoms with Crippen LogP contribution in [0.25, 0.3) is 0 Å². The Bertz CT molecular complexity index is 535. The molecule has 2 N–H and O–H groups in total. The number of para-hydroxylation sites is 1. The fraction of sp³-hybridized carbons (Fsp3) is 0.467. The van der Waals surface area contributed by atoms with Crippen LogP contribution in [0.1, 0.15) is 13.3 Å². The first kappa shape index (κ1) is 15.9. The van der Waals surface area contributed by atoms with Crippen molar-refractivity contribution in [2.24, 2.45) is 5.92 Å². The minimum absolute atomic E-state index is 0.0776. The molecule has 114 valence electrons. The van der Waals surface area contributed by atoms with E-state index < -0.39 is 12.0 Å². The molecular weight excluding hydrogens is 288 g/mol. The Morgan fingerprint density at radius 2 is 2.14 bits per heavy atom. The fourth-order valence-electron chi connectivity index (χ4n) is 2.73. The number of amides is 1. The van der Waals surface area contributed by atoms with Gasteiger partial charge >= 0.3 is 5.97 Å². The summed E-state index contributed by atoms with van der Waals surface area (Å²) in [4.78, 5) is 26.2. The number of nitrogens with zero attached hydrogens (tertiary/aromatic N) is 1. The van der Waals surface area contributed by atoms with Gasteiger partial charge in [-0.1, -0.05) is 19.1 Å². The molecule has 0 bridgehead atoms. The van der Waals surface area contributed by atoms with Crippen LogP contribution in [0.4, 0.5) is 5.69 Å². The van der Waals surface area contributed by atoms with E-state index in [4.69, 9.17) is 0 Å². The van der Waals surface area contributed by atoms with E-state index in [1.807, 2.05) is 37.4 Å². The van der Waals surface area contributed by atoms with E-state index in [9.17, 15) is 14.7 Å². The number of thioether (sulfide) groups is 1. The number of benzene rings is 1. The Kier molecular flexibility index (Phi) is 5.25. The van der Waals surface area contributed by atoms with E-state index in [1.165, 1.54) is 0 Å². The van der Waals surface area contributed by atoms with Gasteiger partial charge in [0.05, 0.1) is 12.2 Å². The summed E-state index contributed by atoms with van der Waals surface area (Å²) in [7, 11) is 0. The van der Waals surface area contributed by atoms with Crippen molar-refractivity contribution in [3.8, 4) is 0 Å². The highest BCUT2D eigenvalue weighted by Crippen LogP contribution is 2.26. The maximum Gasteiger partial charge on any atom is 0.321 e. The average molecular weight is 308 g/mol. The first-order valence-corrected chi connectivity index (χ1v) is 8.15. The molecule has 1 aliphatic heterocycles. The molecular formula is C15H20N2O3S. The number of carboxylic acid groups (broad SMARTS) is 1. The first-order valence-electron chi connectivity index (χ1n) is 6.92. The van der Waals surface area contributed by atoms with Gasteiger partial charge in [0.2, 0.25) is 5.91 Å². The zero-order valence-corrected chi connectivity index (χ0v) is 13.0. The second-order valence-corrected chi connectivity index (χ2v) is 6.12. The summed E-state index contributed by atoms with van der Waals surface area (Å²) in [6.45, 7) is 2.68. The molecule has 1 fully saturated rings. The van der Waals surface area contributed by atoms with Gasteiger partial charge in [0, 0.05) is 4.90 Å². The zero-order chi connectivity index (χ0) is 15.4. The second-order valence-electron chi connectivity index (χ2n) is 5.27. The zero-order valence-electron chi connectivity index (χ0n) is 12.2. The number of anilines is 1. The lowest BCUT2D eigenvalue weighted by Crippen LogP contribution is -2.43. The van der Waals surface area contributed by atoms with E-state index in [-0.39, 0.29) is 18.4 Å². The van der Waals surface area contributed by atoms with E-state index in [1.54, 1.807) is 16.7 Å². The van der Waals surface area contributed by atoms with E-state index in [2.05, 4.69) is 5.32 Å². The smallest absolute Gasteiger partial charge is 0.321 e. The lowest BCUT2D eigenvalue weighted by atomic mass is 10.0. The number of aliphatic carboxylic acids is 1. The SMILES string of the molecule is CSc1ccccc1NC(=O)CN1CCC(C)C1C(=O)O. The predicted molar refractivity (Wildman–Crippen MR) is 83.6 cm³/mol. The Balaban J connectivity index is 2.00. The predicted octanol–water partition coefficient (Wildman–Crippen LogP) is 2.14. The second kappa shape index (κ2) is 6.95.